The third kappa shape index (κ3) is 719. The van der Waals surface area contributed by atoms with Gasteiger partial charge in [0, 0.05) is 37.3 Å². The molecule has 3 N–H and O–H groups in total. The predicted molar refractivity (Wildman–Crippen MR) is 39.9 cm³/mol. The Kier molecular flexibility index (Phi) is 29.8. The molecule has 0 aromatic heterocycles. The van der Waals surface area contributed by atoms with Crippen molar-refractivity contribution in [3.8, 4) is 0 Å². The zero-order valence-electron chi connectivity index (χ0n) is 7.38. The minimum Gasteiger partial charge on any atom is -0.481 e. The van der Waals surface area contributed by atoms with Crippen LogP contribution in [-0.4, -0.2) is 33.2 Å². The molecule has 0 atom stereocenters. The first kappa shape index (κ1) is 22.7. The van der Waals surface area contributed by atoms with E-state index in [1.807, 2.05) is 0 Å². The summed E-state index contributed by atoms with van der Waals surface area (Å²) >= 11 is 0. The summed E-state index contributed by atoms with van der Waals surface area (Å²) in [7, 11) is 0. The van der Waals surface area contributed by atoms with Gasteiger partial charge in [0.1, 0.15) is 0 Å². The van der Waals surface area contributed by atoms with E-state index < -0.39 is 17.9 Å². The molecule has 0 saturated carbocycles. The number of rotatable bonds is 0. The summed E-state index contributed by atoms with van der Waals surface area (Å²) in [4.78, 5) is 27.0. The van der Waals surface area contributed by atoms with E-state index in [9.17, 15) is 0 Å². The summed E-state index contributed by atoms with van der Waals surface area (Å²) in [6.07, 6.45) is 0. The van der Waals surface area contributed by atoms with Crippen LogP contribution in [0.15, 0.2) is 0 Å². The molecule has 0 saturated heterocycles. The van der Waals surface area contributed by atoms with Gasteiger partial charge in [0.15, 0.2) is 0 Å². The Morgan fingerprint density at radius 1 is 0.692 bits per heavy atom. The second-order valence-electron chi connectivity index (χ2n) is 1.56. The van der Waals surface area contributed by atoms with Gasteiger partial charge in [0.2, 0.25) is 0 Å². The van der Waals surface area contributed by atoms with E-state index in [0.29, 0.717) is 0 Å². The van der Waals surface area contributed by atoms with Crippen LogP contribution in [0.3, 0.4) is 0 Å². The van der Waals surface area contributed by atoms with Gasteiger partial charge in [-0.05, 0) is 0 Å². The molecule has 0 radical (unpaired) electrons. The molecule has 0 bridgehead atoms. The smallest absolute Gasteiger partial charge is 0.300 e. The van der Waals surface area contributed by atoms with Gasteiger partial charge in [0.25, 0.3) is 17.9 Å². The summed E-state index contributed by atoms with van der Waals surface area (Å²) in [5, 5.41) is 22.2. The minimum atomic E-state index is -0.833. The van der Waals surface area contributed by atoms with E-state index in [1.54, 1.807) is 0 Å². The Morgan fingerprint density at radius 3 is 0.692 bits per heavy atom. The normalized spacial score (nSPS) is 5.77. The van der Waals surface area contributed by atoms with Crippen molar-refractivity contribution in [3.05, 3.63) is 0 Å². The fraction of sp³-hybridized carbons (Fsp3) is 0.500. The topological polar surface area (TPSA) is 112 Å². The van der Waals surface area contributed by atoms with E-state index >= 15 is 0 Å². The molecule has 13 heavy (non-hydrogen) atoms. The minimum absolute atomic E-state index is 0. The quantitative estimate of drug-likeness (QED) is 0.523. The first-order chi connectivity index (χ1) is 5.20. The Hall–Kier alpha value is -1.10. The van der Waals surface area contributed by atoms with Gasteiger partial charge in [-0.1, -0.05) is 0 Å². The maximum absolute atomic E-state index is 9.00. The molecule has 0 fully saturated rings. The number of aliphatic carboxylic acids is 3. The fourth-order valence-electron chi connectivity index (χ4n) is 0. The van der Waals surface area contributed by atoms with Gasteiger partial charge < -0.3 is 15.3 Å². The zero-order chi connectivity index (χ0) is 10.7. The van der Waals surface area contributed by atoms with Crippen molar-refractivity contribution >= 4 is 17.9 Å². The van der Waals surface area contributed by atoms with Crippen molar-refractivity contribution in [1.82, 2.24) is 0 Å². The average Bonchev–Trinajstić information content (AvgIpc) is 1.54. The monoisotopic (exact) mass is 238 g/mol. The third-order valence-corrected chi connectivity index (χ3v) is 0. The number of carbonyl (C=O) groups is 3. The average molecular weight is 239 g/mol. The fourth-order valence-corrected chi connectivity index (χ4v) is 0. The molecule has 0 aliphatic heterocycles. The summed E-state index contributed by atoms with van der Waals surface area (Å²) in [6, 6.07) is 0. The molecule has 0 unspecified atom stereocenters. The zero-order valence-corrected chi connectivity index (χ0v) is 8.37. The molecule has 7 heteroatoms. The molecular formula is C6H12NiO6. The van der Waals surface area contributed by atoms with Crippen LogP contribution in [0.2, 0.25) is 0 Å². The van der Waals surface area contributed by atoms with Gasteiger partial charge in [-0.3, -0.25) is 14.4 Å². The van der Waals surface area contributed by atoms with Gasteiger partial charge in [0.05, 0.1) is 0 Å². The van der Waals surface area contributed by atoms with Crippen molar-refractivity contribution in [2.75, 3.05) is 0 Å². The Bertz CT molecular complexity index is 115. The Morgan fingerprint density at radius 2 is 0.692 bits per heavy atom. The molecule has 0 rings (SSSR count). The van der Waals surface area contributed by atoms with Crippen molar-refractivity contribution in [2.24, 2.45) is 0 Å². The number of carboxylic acids is 3. The van der Waals surface area contributed by atoms with Crippen LogP contribution in [0.1, 0.15) is 20.8 Å². The number of carboxylic acid groups (broad SMARTS) is 3. The van der Waals surface area contributed by atoms with E-state index in [0.717, 1.165) is 20.8 Å². The van der Waals surface area contributed by atoms with Crippen molar-refractivity contribution in [1.29, 1.82) is 0 Å². The molecule has 0 heterocycles. The van der Waals surface area contributed by atoms with Crippen molar-refractivity contribution < 1.29 is 46.2 Å². The maximum atomic E-state index is 9.00. The molecular weight excluding hydrogens is 227 g/mol. The Balaban J connectivity index is -0.0000000450. The number of hydrogen-bond donors (Lipinski definition) is 3. The summed E-state index contributed by atoms with van der Waals surface area (Å²) in [5.41, 5.74) is 0. The van der Waals surface area contributed by atoms with Crippen molar-refractivity contribution in [2.45, 2.75) is 20.8 Å². The molecule has 0 aromatic rings. The van der Waals surface area contributed by atoms with E-state index in [4.69, 9.17) is 29.7 Å². The van der Waals surface area contributed by atoms with Gasteiger partial charge in [-0.25, -0.2) is 0 Å². The third-order valence-electron chi connectivity index (χ3n) is 0. The summed E-state index contributed by atoms with van der Waals surface area (Å²) in [6.45, 7) is 3.25. The number of hydrogen-bond acceptors (Lipinski definition) is 3. The Labute approximate surface area is 85.5 Å². The summed E-state index contributed by atoms with van der Waals surface area (Å²) < 4.78 is 0. The predicted octanol–water partition coefficient (Wildman–Crippen LogP) is 0.270. The van der Waals surface area contributed by atoms with Crippen LogP contribution in [0, 0.1) is 0 Å². The molecule has 0 aromatic carbocycles. The van der Waals surface area contributed by atoms with Crippen LogP contribution >= 0.6 is 0 Å². The first-order valence-electron chi connectivity index (χ1n) is 2.78. The van der Waals surface area contributed by atoms with Gasteiger partial charge in [-0.2, -0.15) is 0 Å². The standard InChI is InChI=1S/3C2H4O2.Ni/c3*1-2(3)4;/h3*1H3,(H,3,4);. The first-order valence-corrected chi connectivity index (χ1v) is 2.78. The second kappa shape index (κ2) is 17.1. The van der Waals surface area contributed by atoms with Crippen LogP contribution in [0.4, 0.5) is 0 Å². The van der Waals surface area contributed by atoms with Gasteiger partial charge >= 0.3 is 0 Å². The van der Waals surface area contributed by atoms with Crippen LogP contribution in [0.25, 0.3) is 0 Å². The van der Waals surface area contributed by atoms with Crippen molar-refractivity contribution in [3.63, 3.8) is 0 Å². The van der Waals surface area contributed by atoms with Gasteiger partial charge in [-0.15, -0.1) is 0 Å². The second-order valence-corrected chi connectivity index (χ2v) is 1.56. The molecule has 82 valence electrons. The SMILES string of the molecule is CC(=O)O.CC(=O)O.CC(=O)O.[Ni]. The van der Waals surface area contributed by atoms with E-state index in [1.165, 1.54) is 0 Å². The molecule has 0 aliphatic carbocycles. The van der Waals surface area contributed by atoms with Crippen LogP contribution in [0.5, 0.6) is 0 Å². The van der Waals surface area contributed by atoms with E-state index in [-0.39, 0.29) is 16.5 Å². The molecule has 0 amide bonds. The maximum Gasteiger partial charge on any atom is 0.300 e. The largest absolute Gasteiger partial charge is 0.481 e. The van der Waals surface area contributed by atoms with Crippen LogP contribution in [-0.2, 0) is 30.9 Å². The molecule has 0 spiro atoms. The molecule has 0 aliphatic rings. The molecule has 6 nitrogen and oxygen atoms in total. The summed E-state index contributed by atoms with van der Waals surface area (Å²) in [5.74, 6) is -2.50. The van der Waals surface area contributed by atoms with E-state index in [2.05, 4.69) is 0 Å². The van der Waals surface area contributed by atoms with Crippen LogP contribution < -0.4 is 0 Å².